The summed E-state index contributed by atoms with van der Waals surface area (Å²) in [6, 6.07) is 9.13. The molecule has 2 heterocycles. The number of aliphatic imine (C=N–C) groups is 1. The van der Waals surface area contributed by atoms with E-state index < -0.39 is 102 Å². The van der Waals surface area contributed by atoms with Gasteiger partial charge in [-0.05, 0) is 55.6 Å². The van der Waals surface area contributed by atoms with E-state index >= 15 is 0 Å². The minimum Gasteiger partial charge on any atom is -0.481 e. The molecule has 23 heteroatoms. The Hall–Kier alpha value is -7.59. The number of nitrogens with zero attached hydrogens (tertiary/aromatic N) is 2. The topological polar surface area (TPSA) is 377 Å². The van der Waals surface area contributed by atoms with E-state index in [1.807, 2.05) is 13.8 Å². The van der Waals surface area contributed by atoms with Gasteiger partial charge in [0.05, 0.1) is 6.42 Å². The Morgan fingerprint density at radius 3 is 1.77 bits per heavy atom. The zero-order valence-corrected chi connectivity index (χ0v) is 39.0. The van der Waals surface area contributed by atoms with Crippen molar-refractivity contribution in [3.8, 4) is 0 Å². The van der Waals surface area contributed by atoms with Gasteiger partial charge in [0.25, 0.3) is 5.97 Å². The lowest BCUT2D eigenvalue weighted by atomic mass is 10.00. The highest BCUT2D eigenvalue weighted by Gasteiger charge is 2.41. The fraction of sp³-hybridized carbons (Fsp3) is 0.500. The number of primary amides is 1. The van der Waals surface area contributed by atoms with E-state index in [0.717, 1.165) is 12.5 Å². The van der Waals surface area contributed by atoms with Crippen LogP contribution in [0.3, 0.4) is 0 Å². The molecule has 7 atom stereocenters. The average Bonchev–Trinajstić information content (AvgIpc) is 3.96. The molecular formula is C46H65N11O12. The minimum atomic E-state index is -1.55. The van der Waals surface area contributed by atoms with Crippen molar-refractivity contribution < 1.29 is 58.2 Å². The summed E-state index contributed by atoms with van der Waals surface area (Å²) in [4.78, 5) is 133. The first-order chi connectivity index (χ1) is 32.6. The number of carbonyl (C=O) groups excluding carboxylic acids is 8. The Kier molecular flexibility index (Phi) is 22.5. The van der Waals surface area contributed by atoms with Gasteiger partial charge in [-0.3, -0.25) is 52.9 Å². The SMILES string of the molecule is CC(=O)O.CC(C)C[C@H](NC(=O)[C@H](Cc1ccccc1)NC(=O)[C@@H]1CCCN1C(=O)[C@H](CC(=O)O)NC(=O)[C@@H]1CCC(=O)N1)C(=O)N[C@@H](CCCN=C(N)N)C(=O)N[C@@H](Cc1ccccc1)C(N)=O. The second-order valence-corrected chi connectivity index (χ2v) is 17.1. The van der Waals surface area contributed by atoms with Crippen molar-refractivity contribution in [3.63, 3.8) is 0 Å². The number of guanidine groups is 1. The molecule has 0 bridgehead atoms. The van der Waals surface area contributed by atoms with Crippen molar-refractivity contribution in [1.82, 2.24) is 36.8 Å². The maximum absolute atomic E-state index is 14.3. The molecule has 0 radical (unpaired) electrons. The molecule has 2 fully saturated rings. The van der Waals surface area contributed by atoms with E-state index in [1.165, 1.54) is 4.90 Å². The number of rotatable bonds is 24. The monoisotopic (exact) mass is 963 g/mol. The van der Waals surface area contributed by atoms with Gasteiger partial charge in [-0.2, -0.15) is 0 Å². The quantitative estimate of drug-likeness (QED) is 0.0318. The number of nitrogens with one attached hydrogen (secondary N) is 6. The van der Waals surface area contributed by atoms with E-state index in [-0.39, 0.29) is 82.2 Å². The van der Waals surface area contributed by atoms with Crippen molar-refractivity contribution in [1.29, 1.82) is 0 Å². The van der Waals surface area contributed by atoms with E-state index in [9.17, 15) is 48.3 Å². The standard InChI is InChI=1S/C44H61N11O10.C2H4O2/c1-25(2)21-31(40(62)50-28(15-9-19-48-44(46)47)38(60)51-30(37(45)59)22-26-11-5-3-6-12-26)52-41(63)32(23-27-13-7-4-8-14-27)53-42(64)34-16-10-20-55(34)43(65)33(24-36(57)58)54-39(61)29-17-18-35(56)49-29;1-2(3)4/h3-8,11-14,25,28-34H,9-10,15-24H2,1-2H3,(H2,45,59)(H,49,56)(H,50,62)(H,51,60)(H,52,63)(H,53,64)(H,54,61)(H,57,58)(H4,46,47,48);1H3,(H,3,4)/t28-,29-,30-,31-,32-,33-,34-;/m0./s1. The lowest BCUT2D eigenvalue weighted by molar-refractivity contribution is -0.146. The lowest BCUT2D eigenvalue weighted by Gasteiger charge is -2.30. The van der Waals surface area contributed by atoms with Crippen LogP contribution in [-0.2, 0) is 60.8 Å². The fourth-order valence-electron chi connectivity index (χ4n) is 7.65. The van der Waals surface area contributed by atoms with E-state index in [2.05, 4.69) is 36.9 Å². The number of benzene rings is 2. The van der Waals surface area contributed by atoms with Crippen molar-refractivity contribution in [2.45, 2.75) is 127 Å². The predicted molar refractivity (Wildman–Crippen MR) is 250 cm³/mol. The van der Waals surface area contributed by atoms with Crippen LogP contribution < -0.4 is 49.1 Å². The van der Waals surface area contributed by atoms with Crippen LogP contribution in [0.4, 0.5) is 0 Å². The Morgan fingerprint density at radius 2 is 1.25 bits per heavy atom. The van der Waals surface area contributed by atoms with Crippen LogP contribution in [0.25, 0.3) is 0 Å². The first kappa shape index (κ1) is 55.7. The van der Waals surface area contributed by atoms with E-state index in [0.29, 0.717) is 12.0 Å². The van der Waals surface area contributed by atoms with Crippen LogP contribution in [0.15, 0.2) is 65.7 Å². The number of hydrogen-bond acceptors (Lipinski definition) is 11. The molecule has 4 rings (SSSR count). The van der Waals surface area contributed by atoms with E-state index in [4.69, 9.17) is 27.1 Å². The lowest BCUT2D eigenvalue weighted by Crippen LogP contribution is -2.60. The Bertz CT molecular complexity index is 2150. The first-order valence-corrected chi connectivity index (χ1v) is 22.6. The van der Waals surface area contributed by atoms with Crippen LogP contribution in [0, 0.1) is 5.92 Å². The van der Waals surface area contributed by atoms with Gasteiger partial charge >= 0.3 is 5.97 Å². The molecule has 2 aromatic rings. The second-order valence-electron chi connectivity index (χ2n) is 17.1. The Balaban J connectivity index is 0.00000303. The molecule has 2 aliphatic rings. The van der Waals surface area contributed by atoms with Gasteiger partial charge in [-0.1, -0.05) is 74.5 Å². The summed E-state index contributed by atoms with van der Waals surface area (Å²) in [5.41, 5.74) is 18.0. The number of amides is 8. The number of aliphatic carboxylic acids is 2. The third-order valence-electron chi connectivity index (χ3n) is 10.9. The fourth-order valence-corrected chi connectivity index (χ4v) is 7.65. The van der Waals surface area contributed by atoms with E-state index in [1.54, 1.807) is 60.7 Å². The first-order valence-electron chi connectivity index (χ1n) is 22.6. The summed E-state index contributed by atoms with van der Waals surface area (Å²) in [7, 11) is 0. The van der Waals surface area contributed by atoms with Crippen LogP contribution in [0.1, 0.15) is 83.3 Å². The molecule has 69 heavy (non-hydrogen) atoms. The average molecular weight is 964 g/mol. The Labute approximate surface area is 399 Å². The van der Waals surface area contributed by atoms with Gasteiger partial charge in [0.15, 0.2) is 5.96 Å². The summed E-state index contributed by atoms with van der Waals surface area (Å²) < 4.78 is 0. The largest absolute Gasteiger partial charge is 0.481 e. The van der Waals surface area contributed by atoms with Gasteiger partial charge < -0.3 is 64.2 Å². The highest BCUT2D eigenvalue weighted by molar-refractivity contribution is 5.99. The number of hydrogen-bond donors (Lipinski definition) is 11. The third-order valence-corrected chi connectivity index (χ3v) is 10.9. The molecule has 2 aliphatic heterocycles. The molecule has 14 N–H and O–H groups in total. The highest BCUT2D eigenvalue weighted by atomic mass is 16.4. The number of carbonyl (C=O) groups is 10. The summed E-state index contributed by atoms with van der Waals surface area (Å²) in [6.45, 7) is 4.91. The van der Waals surface area contributed by atoms with Crippen molar-refractivity contribution in [2.75, 3.05) is 13.1 Å². The van der Waals surface area contributed by atoms with Gasteiger partial charge in [-0.15, -0.1) is 0 Å². The molecule has 23 nitrogen and oxygen atoms in total. The van der Waals surface area contributed by atoms with Crippen LogP contribution in [0.5, 0.6) is 0 Å². The molecule has 0 unspecified atom stereocenters. The summed E-state index contributed by atoms with van der Waals surface area (Å²) in [6.07, 6.45) is 0.432. The summed E-state index contributed by atoms with van der Waals surface area (Å²) in [5, 5.41) is 32.8. The normalized spacial score (nSPS) is 17.2. The van der Waals surface area contributed by atoms with Gasteiger partial charge in [-0.25, -0.2) is 0 Å². The number of nitrogens with two attached hydrogens (primary N) is 3. The number of carboxylic acid groups (broad SMARTS) is 2. The number of likely N-dealkylation sites (tertiary alicyclic amines) is 1. The highest BCUT2D eigenvalue weighted by Crippen LogP contribution is 2.21. The number of carboxylic acids is 2. The smallest absolute Gasteiger partial charge is 0.305 e. The molecule has 2 aromatic carbocycles. The second kappa shape index (κ2) is 27.9. The van der Waals surface area contributed by atoms with Gasteiger partial charge in [0, 0.05) is 39.3 Å². The maximum Gasteiger partial charge on any atom is 0.305 e. The molecule has 0 spiro atoms. The molecule has 376 valence electrons. The van der Waals surface area contributed by atoms with Crippen molar-refractivity contribution >= 4 is 65.2 Å². The van der Waals surface area contributed by atoms with Crippen molar-refractivity contribution in [2.24, 2.45) is 28.1 Å². The predicted octanol–water partition coefficient (Wildman–Crippen LogP) is -1.68. The molecule has 0 aliphatic carbocycles. The zero-order chi connectivity index (χ0) is 51.2. The molecule has 0 aromatic heterocycles. The van der Waals surface area contributed by atoms with Gasteiger partial charge in [0.2, 0.25) is 47.3 Å². The van der Waals surface area contributed by atoms with Crippen LogP contribution in [-0.4, -0.2) is 136 Å². The minimum absolute atomic E-state index is 0.0327. The molecule has 0 saturated carbocycles. The summed E-state index contributed by atoms with van der Waals surface area (Å²) in [5.74, 6) is -8.15. The van der Waals surface area contributed by atoms with Crippen LogP contribution in [0.2, 0.25) is 0 Å². The summed E-state index contributed by atoms with van der Waals surface area (Å²) >= 11 is 0. The van der Waals surface area contributed by atoms with Crippen LogP contribution >= 0.6 is 0 Å². The molecular weight excluding hydrogens is 899 g/mol. The molecule has 2 saturated heterocycles. The third kappa shape index (κ3) is 19.7. The van der Waals surface area contributed by atoms with Crippen molar-refractivity contribution in [3.05, 3.63) is 71.8 Å². The zero-order valence-electron chi connectivity index (χ0n) is 39.0. The Morgan fingerprint density at radius 1 is 0.725 bits per heavy atom. The maximum atomic E-state index is 14.3. The van der Waals surface area contributed by atoms with Gasteiger partial charge in [0.1, 0.15) is 42.3 Å². The molecule has 8 amide bonds.